The van der Waals surface area contributed by atoms with Crippen LogP contribution in [0.5, 0.6) is 0 Å². The van der Waals surface area contributed by atoms with Crippen LogP contribution in [0.1, 0.15) is 27.6 Å². The lowest BCUT2D eigenvalue weighted by atomic mass is 10.2. The first-order chi connectivity index (χ1) is 14.1. The standard InChI is InChI=1S/C21H20N4O4/c1-3-29-20(27)16-6-4-5-7-17(16)24-21-22-13-12-18(25-21)23-15-10-8-14(9-11-15)19(26)28-2/h4-13H,3H2,1-2H3,(H2,22,23,24,25). The molecule has 3 rings (SSSR count). The summed E-state index contributed by atoms with van der Waals surface area (Å²) in [5, 5.41) is 6.18. The molecule has 1 aromatic heterocycles. The predicted molar refractivity (Wildman–Crippen MR) is 109 cm³/mol. The lowest BCUT2D eigenvalue weighted by Gasteiger charge is -2.11. The number of carbonyl (C=O) groups is 2. The Morgan fingerprint density at radius 1 is 0.966 bits per heavy atom. The molecule has 2 aromatic carbocycles. The van der Waals surface area contributed by atoms with Crippen molar-refractivity contribution in [2.75, 3.05) is 24.4 Å². The third kappa shape index (κ3) is 5.07. The number of esters is 2. The third-order valence-corrected chi connectivity index (χ3v) is 3.90. The van der Waals surface area contributed by atoms with E-state index in [1.54, 1.807) is 67.7 Å². The minimum atomic E-state index is -0.421. The lowest BCUT2D eigenvalue weighted by molar-refractivity contribution is 0.0526. The number of carbonyl (C=O) groups excluding carboxylic acids is 2. The Hall–Kier alpha value is -3.94. The van der Waals surface area contributed by atoms with Gasteiger partial charge in [0.25, 0.3) is 0 Å². The Balaban J connectivity index is 1.75. The van der Waals surface area contributed by atoms with Crippen LogP contribution in [-0.4, -0.2) is 35.6 Å². The summed E-state index contributed by atoms with van der Waals surface area (Å²) in [6.45, 7) is 2.04. The van der Waals surface area contributed by atoms with E-state index in [0.29, 0.717) is 28.6 Å². The van der Waals surface area contributed by atoms with E-state index in [1.807, 2.05) is 0 Å². The number of aromatic nitrogens is 2. The van der Waals surface area contributed by atoms with Crippen LogP contribution in [0.2, 0.25) is 0 Å². The number of hydrogen-bond donors (Lipinski definition) is 2. The van der Waals surface area contributed by atoms with Gasteiger partial charge < -0.3 is 20.1 Å². The molecular weight excluding hydrogens is 372 g/mol. The summed E-state index contributed by atoms with van der Waals surface area (Å²) in [5.74, 6) is 0.0424. The van der Waals surface area contributed by atoms with Crippen molar-refractivity contribution in [3.63, 3.8) is 0 Å². The van der Waals surface area contributed by atoms with Crippen molar-refractivity contribution < 1.29 is 19.1 Å². The first-order valence-corrected chi connectivity index (χ1v) is 8.92. The van der Waals surface area contributed by atoms with Gasteiger partial charge in [0.1, 0.15) is 5.82 Å². The van der Waals surface area contributed by atoms with Crippen LogP contribution in [0.4, 0.5) is 23.1 Å². The monoisotopic (exact) mass is 392 g/mol. The maximum atomic E-state index is 12.1. The maximum Gasteiger partial charge on any atom is 0.340 e. The van der Waals surface area contributed by atoms with E-state index in [2.05, 4.69) is 25.3 Å². The molecule has 8 nitrogen and oxygen atoms in total. The highest BCUT2D eigenvalue weighted by atomic mass is 16.5. The molecule has 0 unspecified atom stereocenters. The average molecular weight is 392 g/mol. The highest BCUT2D eigenvalue weighted by Gasteiger charge is 2.13. The Bertz CT molecular complexity index is 1010. The first kappa shape index (κ1) is 19.8. The van der Waals surface area contributed by atoms with Gasteiger partial charge in [-0.05, 0) is 49.4 Å². The van der Waals surface area contributed by atoms with E-state index in [4.69, 9.17) is 4.74 Å². The van der Waals surface area contributed by atoms with Gasteiger partial charge in [-0.25, -0.2) is 14.6 Å². The van der Waals surface area contributed by atoms with Crippen molar-refractivity contribution in [2.24, 2.45) is 0 Å². The van der Waals surface area contributed by atoms with Gasteiger partial charge in [-0.3, -0.25) is 0 Å². The molecule has 3 aromatic rings. The molecule has 0 bridgehead atoms. The fraction of sp³-hybridized carbons (Fsp3) is 0.143. The van der Waals surface area contributed by atoms with Crippen LogP contribution in [0.3, 0.4) is 0 Å². The van der Waals surface area contributed by atoms with E-state index in [-0.39, 0.29) is 6.61 Å². The number of hydrogen-bond acceptors (Lipinski definition) is 8. The predicted octanol–water partition coefficient (Wildman–Crippen LogP) is 3.93. The van der Waals surface area contributed by atoms with E-state index in [1.165, 1.54) is 7.11 Å². The summed E-state index contributed by atoms with van der Waals surface area (Å²) in [6.07, 6.45) is 1.59. The molecule has 2 N–H and O–H groups in total. The number of ether oxygens (including phenoxy) is 2. The van der Waals surface area contributed by atoms with Crippen LogP contribution < -0.4 is 10.6 Å². The zero-order chi connectivity index (χ0) is 20.6. The Morgan fingerprint density at radius 2 is 1.72 bits per heavy atom. The summed E-state index contributed by atoms with van der Waals surface area (Å²) in [4.78, 5) is 32.2. The SMILES string of the molecule is CCOC(=O)c1ccccc1Nc1nccc(Nc2ccc(C(=O)OC)cc2)n1. The number of nitrogens with zero attached hydrogens (tertiary/aromatic N) is 2. The molecule has 0 radical (unpaired) electrons. The molecule has 0 saturated heterocycles. The molecule has 0 aliphatic rings. The molecule has 0 aliphatic carbocycles. The summed E-state index contributed by atoms with van der Waals surface area (Å²) >= 11 is 0. The van der Waals surface area contributed by atoms with E-state index >= 15 is 0 Å². The van der Waals surface area contributed by atoms with Crippen LogP contribution in [-0.2, 0) is 9.47 Å². The average Bonchev–Trinajstić information content (AvgIpc) is 2.74. The molecule has 0 saturated carbocycles. The molecule has 0 aliphatic heterocycles. The zero-order valence-corrected chi connectivity index (χ0v) is 16.0. The van der Waals surface area contributed by atoms with E-state index < -0.39 is 11.9 Å². The maximum absolute atomic E-state index is 12.1. The van der Waals surface area contributed by atoms with Crippen LogP contribution in [0.15, 0.2) is 60.8 Å². The molecule has 148 valence electrons. The van der Waals surface area contributed by atoms with Gasteiger partial charge in [0.05, 0.1) is 30.5 Å². The Labute approximate surface area is 167 Å². The topological polar surface area (TPSA) is 102 Å². The highest BCUT2D eigenvalue weighted by Crippen LogP contribution is 2.21. The first-order valence-electron chi connectivity index (χ1n) is 8.92. The van der Waals surface area contributed by atoms with Crippen molar-refractivity contribution in [3.05, 3.63) is 71.9 Å². The molecule has 0 spiro atoms. The number of para-hydroxylation sites is 1. The van der Waals surface area contributed by atoms with E-state index in [0.717, 1.165) is 5.69 Å². The minimum Gasteiger partial charge on any atom is -0.465 e. The van der Waals surface area contributed by atoms with E-state index in [9.17, 15) is 9.59 Å². The van der Waals surface area contributed by atoms with Gasteiger partial charge in [-0.15, -0.1) is 0 Å². The number of methoxy groups -OCH3 is 1. The van der Waals surface area contributed by atoms with Crippen molar-refractivity contribution >= 4 is 35.1 Å². The quantitative estimate of drug-likeness (QED) is 0.583. The van der Waals surface area contributed by atoms with Crippen molar-refractivity contribution in [1.82, 2.24) is 9.97 Å². The Morgan fingerprint density at radius 3 is 2.45 bits per heavy atom. The number of nitrogens with one attached hydrogen (secondary N) is 2. The van der Waals surface area contributed by atoms with Crippen LogP contribution in [0.25, 0.3) is 0 Å². The molecule has 8 heteroatoms. The number of rotatable bonds is 7. The molecule has 0 atom stereocenters. The molecular formula is C21H20N4O4. The smallest absolute Gasteiger partial charge is 0.340 e. The second-order valence-corrected chi connectivity index (χ2v) is 5.85. The summed E-state index contributed by atoms with van der Waals surface area (Å²) < 4.78 is 9.77. The second kappa shape index (κ2) is 9.32. The third-order valence-electron chi connectivity index (χ3n) is 3.90. The van der Waals surface area contributed by atoms with Crippen molar-refractivity contribution in [3.8, 4) is 0 Å². The highest BCUT2D eigenvalue weighted by molar-refractivity contribution is 5.96. The largest absolute Gasteiger partial charge is 0.465 e. The van der Waals surface area contributed by atoms with Gasteiger partial charge in [-0.2, -0.15) is 4.98 Å². The summed E-state index contributed by atoms with van der Waals surface area (Å²) in [7, 11) is 1.34. The zero-order valence-electron chi connectivity index (χ0n) is 16.0. The van der Waals surface area contributed by atoms with Gasteiger partial charge in [0.15, 0.2) is 0 Å². The van der Waals surface area contributed by atoms with Gasteiger partial charge in [0, 0.05) is 11.9 Å². The van der Waals surface area contributed by atoms with Crippen molar-refractivity contribution in [1.29, 1.82) is 0 Å². The fourth-order valence-corrected chi connectivity index (χ4v) is 2.54. The van der Waals surface area contributed by atoms with Crippen molar-refractivity contribution in [2.45, 2.75) is 6.92 Å². The molecule has 1 heterocycles. The summed E-state index contributed by atoms with van der Waals surface area (Å²) in [5.41, 5.74) is 2.15. The summed E-state index contributed by atoms with van der Waals surface area (Å²) in [6, 6.07) is 15.5. The van der Waals surface area contributed by atoms with Gasteiger partial charge >= 0.3 is 11.9 Å². The minimum absolute atomic E-state index is 0.290. The second-order valence-electron chi connectivity index (χ2n) is 5.85. The van der Waals surface area contributed by atoms with Gasteiger partial charge in [0.2, 0.25) is 5.95 Å². The van der Waals surface area contributed by atoms with Crippen LogP contribution >= 0.6 is 0 Å². The fourth-order valence-electron chi connectivity index (χ4n) is 2.54. The molecule has 29 heavy (non-hydrogen) atoms. The van der Waals surface area contributed by atoms with Crippen LogP contribution in [0, 0.1) is 0 Å². The molecule has 0 fully saturated rings. The number of anilines is 4. The normalized spacial score (nSPS) is 10.1. The number of benzene rings is 2. The lowest BCUT2D eigenvalue weighted by Crippen LogP contribution is -2.09. The Kier molecular flexibility index (Phi) is 6.36. The van der Waals surface area contributed by atoms with Gasteiger partial charge in [-0.1, -0.05) is 12.1 Å². The molecule has 0 amide bonds.